The third-order valence-electron chi connectivity index (χ3n) is 4.12. The normalized spacial score (nSPS) is 21.0. The molecule has 2 rings (SSSR count). The van der Waals surface area contributed by atoms with Crippen LogP contribution in [0.15, 0.2) is 0 Å². The zero-order valence-corrected chi connectivity index (χ0v) is 13.5. The van der Waals surface area contributed by atoms with Crippen LogP contribution in [0.2, 0.25) is 0 Å². The Morgan fingerprint density at radius 1 is 1.52 bits per heavy atom. The molecular weight excluding hydrogens is 266 g/mol. The standard InChI is InChI=1S/C15H27N5O/c1-5-8-15(4,16)14(21)17-11-6-7-12-18-19-13(10(2)3)20(12)9-11/h10-11H,5-9,16H2,1-4H3,(H,17,21). The van der Waals surface area contributed by atoms with Crippen LogP contribution < -0.4 is 11.1 Å². The summed E-state index contributed by atoms with van der Waals surface area (Å²) >= 11 is 0. The predicted molar refractivity (Wildman–Crippen MR) is 81.9 cm³/mol. The zero-order chi connectivity index (χ0) is 15.6. The molecule has 0 aliphatic carbocycles. The highest BCUT2D eigenvalue weighted by molar-refractivity contribution is 5.85. The fourth-order valence-corrected chi connectivity index (χ4v) is 2.88. The van der Waals surface area contributed by atoms with Crippen molar-refractivity contribution in [3.8, 4) is 0 Å². The minimum absolute atomic E-state index is 0.0584. The second kappa shape index (κ2) is 6.13. The number of carbonyl (C=O) groups excluding carboxylic acids is 1. The van der Waals surface area contributed by atoms with E-state index in [4.69, 9.17) is 5.73 Å². The fraction of sp³-hybridized carbons (Fsp3) is 0.800. The molecule has 0 aromatic carbocycles. The number of hydrogen-bond acceptors (Lipinski definition) is 4. The number of nitrogens with zero attached hydrogens (tertiary/aromatic N) is 3. The van der Waals surface area contributed by atoms with Gasteiger partial charge < -0.3 is 15.6 Å². The van der Waals surface area contributed by atoms with Gasteiger partial charge in [0.2, 0.25) is 5.91 Å². The van der Waals surface area contributed by atoms with E-state index in [1.807, 2.05) is 6.92 Å². The molecule has 1 aromatic heterocycles. The molecule has 3 N–H and O–H groups in total. The SMILES string of the molecule is CCCC(C)(N)C(=O)NC1CCc2nnc(C(C)C)n2C1. The largest absolute Gasteiger partial charge is 0.350 e. The van der Waals surface area contributed by atoms with Crippen LogP contribution >= 0.6 is 0 Å². The Hall–Kier alpha value is -1.43. The number of nitrogens with two attached hydrogens (primary N) is 1. The van der Waals surface area contributed by atoms with Gasteiger partial charge in [-0.05, 0) is 19.8 Å². The van der Waals surface area contributed by atoms with Crippen LogP contribution in [0.3, 0.4) is 0 Å². The van der Waals surface area contributed by atoms with Crippen molar-refractivity contribution < 1.29 is 4.79 Å². The first-order chi connectivity index (χ1) is 9.85. The van der Waals surface area contributed by atoms with Crippen molar-refractivity contribution in [2.75, 3.05) is 0 Å². The van der Waals surface area contributed by atoms with Crippen molar-refractivity contribution in [1.29, 1.82) is 0 Å². The average Bonchev–Trinajstić information content (AvgIpc) is 2.81. The Morgan fingerprint density at radius 2 is 2.24 bits per heavy atom. The van der Waals surface area contributed by atoms with Gasteiger partial charge in [-0.1, -0.05) is 27.2 Å². The van der Waals surface area contributed by atoms with Gasteiger partial charge in [0.15, 0.2) is 0 Å². The van der Waals surface area contributed by atoms with E-state index in [1.165, 1.54) is 0 Å². The van der Waals surface area contributed by atoms with Crippen molar-refractivity contribution in [2.24, 2.45) is 5.73 Å². The Morgan fingerprint density at radius 3 is 2.86 bits per heavy atom. The second-order valence-corrected chi connectivity index (χ2v) is 6.62. The molecule has 2 heterocycles. The molecule has 6 heteroatoms. The molecule has 21 heavy (non-hydrogen) atoms. The van der Waals surface area contributed by atoms with E-state index in [2.05, 4.69) is 33.9 Å². The molecule has 1 aliphatic heterocycles. The number of nitrogens with one attached hydrogen (secondary N) is 1. The van der Waals surface area contributed by atoms with Crippen molar-refractivity contribution in [3.05, 3.63) is 11.6 Å². The van der Waals surface area contributed by atoms with Crippen LogP contribution in [0, 0.1) is 0 Å². The smallest absolute Gasteiger partial charge is 0.240 e. The highest BCUT2D eigenvalue weighted by atomic mass is 16.2. The minimum atomic E-state index is -0.789. The van der Waals surface area contributed by atoms with Crippen LogP contribution in [-0.4, -0.2) is 32.3 Å². The summed E-state index contributed by atoms with van der Waals surface area (Å²) in [6.07, 6.45) is 3.34. The number of amides is 1. The molecular formula is C15H27N5O. The summed E-state index contributed by atoms with van der Waals surface area (Å²) in [5, 5.41) is 11.6. The summed E-state index contributed by atoms with van der Waals surface area (Å²) in [4.78, 5) is 12.3. The Labute approximate surface area is 126 Å². The fourth-order valence-electron chi connectivity index (χ4n) is 2.88. The maximum Gasteiger partial charge on any atom is 0.240 e. The van der Waals surface area contributed by atoms with Crippen LogP contribution in [0.1, 0.15) is 64.5 Å². The summed E-state index contributed by atoms with van der Waals surface area (Å²) in [7, 11) is 0. The van der Waals surface area contributed by atoms with Gasteiger partial charge in [-0.2, -0.15) is 0 Å². The average molecular weight is 293 g/mol. The molecule has 2 atom stereocenters. The molecule has 0 spiro atoms. The number of hydrogen-bond donors (Lipinski definition) is 2. The number of aromatic nitrogens is 3. The van der Waals surface area contributed by atoms with Gasteiger partial charge in [-0.25, -0.2) is 0 Å². The molecule has 118 valence electrons. The van der Waals surface area contributed by atoms with Gasteiger partial charge in [0.1, 0.15) is 11.6 Å². The second-order valence-electron chi connectivity index (χ2n) is 6.62. The first-order valence-electron chi connectivity index (χ1n) is 7.87. The number of fused-ring (bicyclic) bond motifs is 1. The van der Waals surface area contributed by atoms with Gasteiger partial charge in [0.05, 0.1) is 5.54 Å². The minimum Gasteiger partial charge on any atom is -0.350 e. The van der Waals surface area contributed by atoms with E-state index in [0.29, 0.717) is 12.3 Å². The Bertz CT molecular complexity index is 506. The lowest BCUT2D eigenvalue weighted by atomic mass is 9.95. The van der Waals surface area contributed by atoms with Gasteiger partial charge >= 0.3 is 0 Å². The molecule has 0 fully saturated rings. The third-order valence-corrected chi connectivity index (χ3v) is 4.12. The Balaban J connectivity index is 2.04. The van der Waals surface area contributed by atoms with Gasteiger partial charge in [-0.3, -0.25) is 4.79 Å². The maximum absolute atomic E-state index is 12.3. The first-order valence-corrected chi connectivity index (χ1v) is 7.87. The lowest BCUT2D eigenvalue weighted by molar-refractivity contribution is -0.127. The Kier molecular flexibility index (Phi) is 4.66. The molecule has 0 radical (unpaired) electrons. The van der Waals surface area contributed by atoms with Crippen molar-refractivity contribution in [1.82, 2.24) is 20.1 Å². The van der Waals surface area contributed by atoms with Crippen LogP contribution in [0.5, 0.6) is 0 Å². The summed E-state index contributed by atoms with van der Waals surface area (Å²) in [6.45, 7) is 8.80. The summed E-state index contributed by atoms with van der Waals surface area (Å²) in [6, 6.07) is 0.109. The monoisotopic (exact) mass is 293 g/mol. The molecule has 1 aliphatic rings. The highest BCUT2D eigenvalue weighted by Crippen LogP contribution is 2.20. The summed E-state index contributed by atoms with van der Waals surface area (Å²) in [5.74, 6) is 2.29. The molecule has 0 saturated carbocycles. The molecule has 1 aromatic rings. The topological polar surface area (TPSA) is 85.8 Å². The maximum atomic E-state index is 12.3. The summed E-state index contributed by atoms with van der Waals surface area (Å²) < 4.78 is 2.15. The lowest BCUT2D eigenvalue weighted by Crippen LogP contribution is -2.55. The molecule has 2 unspecified atom stereocenters. The van der Waals surface area contributed by atoms with E-state index < -0.39 is 5.54 Å². The van der Waals surface area contributed by atoms with Crippen LogP contribution in [-0.2, 0) is 17.8 Å². The first kappa shape index (κ1) is 15.9. The van der Waals surface area contributed by atoms with E-state index >= 15 is 0 Å². The van der Waals surface area contributed by atoms with Gasteiger partial charge in [0.25, 0.3) is 0 Å². The molecule has 6 nitrogen and oxygen atoms in total. The third kappa shape index (κ3) is 3.43. The van der Waals surface area contributed by atoms with Crippen molar-refractivity contribution in [3.63, 3.8) is 0 Å². The van der Waals surface area contributed by atoms with Crippen molar-refractivity contribution >= 4 is 5.91 Å². The van der Waals surface area contributed by atoms with Gasteiger partial charge in [-0.15, -0.1) is 10.2 Å². The number of rotatable bonds is 5. The molecule has 1 amide bonds. The van der Waals surface area contributed by atoms with Crippen molar-refractivity contribution in [2.45, 2.75) is 77.4 Å². The highest BCUT2D eigenvalue weighted by Gasteiger charge is 2.31. The lowest BCUT2D eigenvalue weighted by Gasteiger charge is -2.30. The van der Waals surface area contributed by atoms with E-state index in [1.54, 1.807) is 6.92 Å². The van der Waals surface area contributed by atoms with E-state index in [-0.39, 0.29) is 11.9 Å². The van der Waals surface area contributed by atoms with Crippen LogP contribution in [0.25, 0.3) is 0 Å². The summed E-state index contributed by atoms with van der Waals surface area (Å²) in [5.41, 5.74) is 5.31. The zero-order valence-electron chi connectivity index (χ0n) is 13.5. The predicted octanol–water partition coefficient (Wildman–Crippen LogP) is 1.35. The number of aryl methyl sites for hydroxylation is 1. The quantitative estimate of drug-likeness (QED) is 0.858. The molecule has 0 bridgehead atoms. The van der Waals surface area contributed by atoms with E-state index in [9.17, 15) is 4.79 Å². The number of carbonyl (C=O) groups is 1. The van der Waals surface area contributed by atoms with Crippen LogP contribution in [0.4, 0.5) is 0 Å². The molecule has 0 saturated heterocycles. The van der Waals surface area contributed by atoms with Gasteiger partial charge in [0, 0.05) is 24.9 Å². The van der Waals surface area contributed by atoms with E-state index in [0.717, 1.165) is 37.5 Å².